The molecule has 0 unspecified atom stereocenters. The topological polar surface area (TPSA) is 45.8 Å². The number of rotatable bonds is 2. The van der Waals surface area contributed by atoms with Crippen molar-refractivity contribution >= 4 is 6.29 Å². The summed E-state index contributed by atoms with van der Waals surface area (Å²) in [7, 11) is 0. The van der Waals surface area contributed by atoms with E-state index in [1.54, 1.807) is 18.2 Å². The maximum Gasteiger partial charge on any atom is 0.166 e. The van der Waals surface area contributed by atoms with Gasteiger partial charge in [-0.2, -0.15) is 0 Å². The molecule has 0 amide bonds. The van der Waals surface area contributed by atoms with Crippen LogP contribution >= 0.6 is 0 Å². The van der Waals surface area contributed by atoms with Crippen molar-refractivity contribution in [3.8, 4) is 11.4 Å². The summed E-state index contributed by atoms with van der Waals surface area (Å²) in [5, 5.41) is 0. The van der Waals surface area contributed by atoms with Gasteiger partial charge in [0, 0.05) is 0 Å². The van der Waals surface area contributed by atoms with Crippen molar-refractivity contribution in [3.63, 3.8) is 0 Å². The summed E-state index contributed by atoms with van der Waals surface area (Å²) in [6.45, 7) is 0. The van der Waals surface area contributed by atoms with Gasteiger partial charge in [0.05, 0.1) is 23.3 Å². The largest absolute Gasteiger partial charge is 0.351 e. The molecule has 2 rings (SSSR count). The number of nitrogens with one attached hydrogen (secondary N) is 1. The van der Waals surface area contributed by atoms with Crippen LogP contribution in [0.4, 0.5) is 4.39 Å². The Morgan fingerprint density at radius 2 is 2.14 bits per heavy atom. The van der Waals surface area contributed by atoms with Crippen molar-refractivity contribution in [2.75, 3.05) is 0 Å². The van der Waals surface area contributed by atoms with Crippen LogP contribution < -0.4 is 0 Å². The first-order valence-corrected chi connectivity index (χ1v) is 4.06. The lowest BCUT2D eigenvalue weighted by Gasteiger charge is -1.95. The molecule has 0 bridgehead atoms. The quantitative estimate of drug-likeness (QED) is 0.736. The third kappa shape index (κ3) is 1.54. The molecule has 0 aromatic carbocycles. The van der Waals surface area contributed by atoms with Crippen molar-refractivity contribution in [2.45, 2.75) is 0 Å². The molecule has 3 nitrogen and oxygen atoms in total. The fourth-order valence-electron chi connectivity index (χ4n) is 1.17. The molecule has 1 N–H and O–H groups in total. The molecule has 2 aromatic rings. The van der Waals surface area contributed by atoms with Crippen LogP contribution in [0.25, 0.3) is 11.4 Å². The predicted octanol–water partition coefficient (Wildman–Crippen LogP) is 2.03. The van der Waals surface area contributed by atoms with E-state index in [2.05, 4.69) is 9.97 Å². The molecule has 2 heterocycles. The van der Waals surface area contributed by atoms with Crippen LogP contribution in [-0.4, -0.2) is 16.3 Å². The van der Waals surface area contributed by atoms with Crippen molar-refractivity contribution in [3.05, 3.63) is 42.0 Å². The van der Waals surface area contributed by atoms with Gasteiger partial charge in [-0.3, -0.25) is 9.78 Å². The average Bonchev–Trinajstić information content (AvgIpc) is 2.67. The Balaban J connectivity index is 2.39. The van der Waals surface area contributed by atoms with Crippen LogP contribution in [-0.2, 0) is 0 Å². The van der Waals surface area contributed by atoms with E-state index in [9.17, 15) is 9.18 Å². The third-order valence-electron chi connectivity index (χ3n) is 1.84. The second-order valence-corrected chi connectivity index (χ2v) is 2.81. The van der Waals surface area contributed by atoms with Crippen LogP contribution in [0, 0.1) is 5.82 Å². The minimum absolute atomic E-state index is 0.379. The Morgan fingerprint density at radius 1 is 1.29 bits per heavy atom. The molecule has 14 heavy (non-hydrogen) atoms. The summed E-state index contributed by atoms with van der Waals surface area (Å²) in [5.74, 6) is -0.379. The summed E-state index contributed by atoms with van der Waals surface area (Å²) in [4.78, 5) is 17.1. The molecule has 0 aliphatic rings. The van der Waals surface area contributed by atoms with Gasteiger partial charge in [0.25, 0.3) is 0 Å². The van der Waals surface area contributed by atoms with Gasteiger partial charge in [-0.1, -0.05) is 0 Å². The minimum Gasteiger partial charge on any atom is -0.351 e. The summed E-state index contributed by atoms with van der Waals surface area (Å²) >= 11 is 0. The van der Waals surface area contributed by atoms with Crippen molar-refractivity contribution in [1.82, 2.24) is 9.97 Å². The van der Waals surface area contributed by atoms with Gasteiger partial charge in [-0.15, -0.1) is 0 Å². The normalized spacial score (nSPS) is 10.1. The Morgan fingerprint density at radius 3 is 2.71 bits per heavy atom. The highest BCUT2D eigenvalue weighted by atomic mass is 19.1. The second-order valence-electron chi connectivity index (χ2n) is 2.81. The van der Waals surface area contributed by atoms with E-state index in [4.69, 9.17) is 0 Å². The lowest BCUT2D eigenvalue weighted by Crippen LogP contribution is -1.85. The number of hydrogen-bond donors (Lipinski definition) is 1. The van der Waals surface area contributed by atoms with Gasteiger partial charge in [0.15, 0.2) is 6.29 Å². The summed E-state index contributed by atoms with van der Waals surface area (Å²) in [5.41, 5.74) is 1.79. The van der Waals surface area contributed by atoms with Crippen LogP contribution in [0.15, 0.2) is 30.5 Å². The number of aromatic nitrogens is 2. The van der Waals surface area contributed by atoms with Gasteiger partial charge in [0.2, 0.25) is 0 Å². The summed E-state index contributed by atoms with van der Waals surface area (Å²) < 4.78 is 12.5. The minimum atomic E-state index is -0.379. The summed E-state index contributed by atoms with van der Waals surface area (Å²) in [6.07, 6.45) is 1.85. The highest BCUT2D eigenvalue weighted by Gasteiger charge is 2.01. The number of aromatic amines is 1. The van der Waals surface area contributed by atoms with Crippen LogP contribution in [0.1, 0.15) is 10.5 Å². The number of nitrogens with zero attached hydrogens (tertiary/aromatic N) is 1. The highest BCUT2D eigenvalue weighted by Crippen LogP contribution is 2.15. The van der Waals surface area contributed by atoms with Gasteiger partial charge in [-0.25, -0.2) is 4.39 Å². The fraction of sp³-hybridized carbons (Fsp3) is 0. The highest BCUT2D eigenvalue weighted by molar-refractivity contribution is 5.74. The lowest BCUT2D eigenvalue weighted by molar-refractivity contribution is 0.111. The third-order valence-corrected chi connectivity index (χ3v) is 1.84. The van der Waals surface area contributed by atoms with E-state index in [1.165, 1.54) is 6.07 Å². The maximum atomic E-state index is 12.5. The Bertz CT molecular complexity index is 447. The number of halogens is 1. The van der Waals surface area contributed by atoms with Crippen molar-refractivity contribution < 1.29 is 9.18 Å². The molecule has 0 aliphatic carbocycles. The Hall–Kier alpha value is -1.97. The number of H-pyrrole nitrogens is 1. The molecule has 0 saturated heterocycles. The number of aldehydes is 1. The van der Waals surface area contributed by atoms with E-state index >= 15 is 0 Å². The molecule has 0 saturated carbocycles. The Kier molecular flexibility index (Phi) is 2.10. The van der Waals surface area contributed by atoms with E-state index in [0.717, 1.165) is 6.20 Å². The van der Waals surface area contributed by atoms with Gasteiger partial charge in [0.1, 0.15) is 5.82 Å². The molecular formula is C10H7FN2O. The molecule has 70 valence electrons. The molecule has 0 spiro atoms. The molecule has 2 aromatic heterocycles. The molecule has 0 radical (unpaired) electrons. The first-order chi connectivity index (χ1) is 6.79. The molecule has 4 heteroatoms. The fourth-order valence-corrected chi connectivity index (χ4v) is 1.17. The molecule has 0 atom stereocenters. The number of carbonyl (C=O) groups excluding carboxylic acids is 1. The maximum absolute atomic E-state index is 12.5. The smallest absolute Gasteiger partial charge is 0.166 e. The zero-order valence-electron chi connectivity index (χ0n) is 7.20. The van der Waals surface area contributed by atoms with Crippen LogP contribution in [0.5, 0.6) is 0 Å². The first kappa shape index (κ1) is 8.62. The predicted molar refractivity (Wildman–Crippen MR) is 49.4 cm³/mol. The van der Waals surface area contributed by atoms with Gasteiger partial charge >= 0.3 is 0 Å². The number of carbonyl (C=O) groups is 1. The van der Waals surface area contributed by atoms with E-state index in [0.29, 0.717) is 23.4 Å². The zero-order chi connectivity index (χ0) is 9.97. The Labute approximate surface area is 79.6 Å². The van der Waals surface area contributed by atoms with E-state index in [1.807, 2.05) is 0 Å². The molecule has 0 aliphatic heterocycles. The van der Waals surface area contributed by atoms with E-state index in [-0.39, 0.29) is 5.82 Å². The van der Waals surface area contributed by atoms with Gasteiger partial charge < -0.3 is 4.98 Å². The van der Waals surface area contributed by atoms with Gasteiger partial charge in [-0.05, 0) is 24.3 Å². The molecule has 0 fully saturated rings. The SMILES string of the molecule is O=Cc1ccc(-c2ccc(F)cn2)[nH]1. The average molecular weight is 190 g/mol. The lowest BCUT2D eigenvalue weighted by atomic mass is 10.3. The van der Waals surface area contributed by atoms with Crippen molar-refractivity contribution in [2.24, 2.45) is 0 Å². The number of hydrogen-bond acceptors (Lipinski definition) is 2. The van der Waals surface area contributed by atoms with Crippen LogP contribution in [0.3, 0.4) is 0 Å². The number of pyridine rings is 1. The summed E-state index contributed by atoms with van der Waals surface area (Å²) in [6, 6.07) is 6.25. The van der Waals surface area contributed by atoms with Crippen LogP contribution in [0.2, 0.25) is 0 Å². The standard InChI is InChI=1S/C10H7FN2O/c11-7-1-3-9(12-5-7)10-4-2-8(6-14)13-10/h1-6,13H. The van der Waals surface area contributed by atoms with Crippen molar-refractivity contribution in [1.29, 1.82) is 0 Å². The monoisotopic (exact) mass is 190 g/mol. The zero-order valence-corrected chi connectivity index (χ0v) is 7.20. The second kappa shape index (κ2) is 3.41. The molecular weight excluding hydrogens is 183 g/mol. The first-order valence-electron chi connectivity index (χ1n) is 4.06. The van der Waals surface area contributed by atoms with E-state index < -0.39 is 0 Å².